The molecule has 1 unspecified atom stereocenters. The molecule has 2 rings (SSSR count). The van der Waals surface area contributed by atoms with Crippen LogP contribution >= 0.6 is 0 Å². The molecule has 11 atom stereocenters. The van der Waals surface area contributed by atoms with E-state index in [1.165, 1.54) is 13.8 Å². The minimum atomic E-state index is -2.48. The molecule has 0 radical (unpaired) electrons. The van der Waals surface area contributed by atoms with Crippen molar-refractivity contribution in [3.8, 4) is 0 Å². The fourth-order valence-corrected chi connectivity index (χ4v) is 3.04. The first-order chi connectivity index (χ1) is 14.3. The SMILES string of the molecule is C=C(C)C(=O)OC(C)O[C@@]1(CO)O[C@@H](O)[C@H](O)[C@H](O)[C@@H]1O[C@@H]1O[C@H](O)[C@@H](O)[C@H](O)[C@H]1O. The fraction of sp³-hybridized carbons (Fsp3) is 0.824. The molecule has 2 fully saturated rings. The molecule has 2 aliphatic rings. The van der Waals surface area contributed by atoms with Crippen LogP contribution in [0.4, 0.5) is 0 Å². The summed E-state index contributed by atoms with van der Waals surface area (Å²) < 4.78 is 25.6. The third-order valence-corrected chi connectivity index (χ3v) is 4.74. The zero-order valence-electron chi connectivity index (χ0n) is 16.7. The van der Waals surface area contributed by atoms with Crippen LogP contribution in [0.1, 0.15) is 13.8 Å². The number of aliphatic hydroxyl groups is 8. The van der Waals surface area contributed by atoms with Gasteiger partial charge in [-0.1, -0.05) is 6.58 Å². The van der Waals surface area contributed by atoms with Crippen molar-refractivity contribution in [1.82, 2.24) is 0 Å². The number of ether oxygens (including phenoxy) is 5. The molecule has 0 spiro atoms. The summed E-state index contributed by atoms with van der Waals surface area (Å²) in [6.07, 6.45) is -19.2. The first-order valence-corrected chi connectivity index (χ1v) is 9.25. The van der Waals surface area contributed by atoms with Gasteiger partial charge in [-0.05, 0) is 13.8 Å². The fourth-order valence-electron chi connectivity index (χ4n) is 3.04. The van der Waals surface area contributed by atoms with Gasteiger partial charge in [-0.25, -0.2) is 4.79 Å². The lowest BCUT2D eigenvalue weighted by molar-refractivity contribution is -0.449. The Morgan fingerprint density at radius 2 is 1.58 bits per heavy atom. The van der Waals surface area contributed by atoms with Crippen molar-refractivity contribution in [2.75, 3.05) is 6.61 Å². The van der Waals surface area contributed by atoms with E-state index in [9.17, 15) is 45.6 Å². The Labute approximate surface area is 176 Å². The van der Waals surface area contributed by atoms with Crippen molar-refractivity contribution in [3.63, 3.8) is 0 Å². The van der Waals surface area contributed by atoms with Gasteiger partial charge in [-0.2, -0.15) is 0 Å². The highest BCUT2D eigenvalue weighted by Crippen LogP contribution is 2.36. The summed E-state index contributed by atoms with van der Waals surface area (Å²) in [6.45, 7) is 4.82. The van der Waals surface area contributed by atoms with Crippen molar-refractivity contribution >= 4 is 5.97 Å². The molecule has 0 bridgehead atoms. The molecule has 0 aliphatic carbocycles. The molecule has 0 aromatic carbocycles. The van der Waals surface area contributed by atoms with Gasteiger partial charge in [0, 0.05) is 5.57 Å². The second kappa shape index (κ2) is 10.1. The lowest BCUT2D eigenvalue weighted by Crippen LogP contribution is -2.70. The lowest BCUT2D eigenvalue weighted by atomic mass is 9.95. The summed E-state index contributed by atoms with van der Waals surface area (Å²) in [5, 5.41) is 79.3. The van der Waals surface area contributed by atoms with Gasteiger partial charge in [-0.3, -0.25) is 0 Å². The molecule has 14 nitrogen and oxygen atoms in total. The molecule has 0 amide bonds. The van der Waals surface area contributed by atoms with Gasteiger partial charge in [0.15, 0.2) is 18.9 Å². The number of rotatable bonds is 7. The number of hydrogen-bond acceptors (Lipinski definition) is 14. The highest BCUT2D eigenvalue weighted by atomic mass is 16.8. The van der Waals surface area contributed by atoms with E-state index in [4.69, 9.17) is 23.7 Å². The van der Waals surface area contributed by atoms with E-state index < -0.39 is 80.1 Å². The maximum Gasteiger partial charge on any atom is 0.335 e. The van der Waals surface area contributed by atoms with Crippen LogP contribution in [0.25, 0.3) is 0 Å². The van der Waals surface area contributed by atoms with Crippen molar-refractivity contribution in [3.05, 3.63) is 12.2 Å². The predicted molar refractivity (Wildman–Crippen MR) is 94.1 cm³/mol. The van der Waals surface area contributed by atoms with Gasteiger partial charge in [0.1, 0.15) is 43.2 Å². The molecule has 0 aromatic rings. The third-order valence-electron chi connectivity index (χ3n) is 4.74. The largest absolute Gasteiger partial charge is 0.433 e. The van der Waals surface area contributed by atoms with E-state index in [-0.39, 0.29) is 5.57 Å². The quantitative estimate of drug-likeness (QED) is 0.102. The summed E-state index contributed by atoms with van der Waals surface area (Å²) >= 11 is 0. The Kier molecular flexibility index (Phi) is 8.48. The molecule has 8 N–H and O–H groups in total. The monoisotopic (exact) mass is 456 g/mol. The summed E-state index contributed by atoms with van der Waals surface area (Å²) in [5.74, 6) is -3.36. The van der Waals surface area contributed by atoms with Crippen molar-refractivity contribution in [2.24, 2.45) is 0 Å². The predicted octanol–water partition coefficient (Wildman–Crippen LogP) is -4.63. The van der Waals surface area contributed by atoms with Crippen LogP contribution in [-0.4, -0.2) is 121 Å². The Bertz CT molecular complexity index is 644. The first-order valence-electron chi connectivity index (χ1n) is 9.25. The van der Waals surface area contributed by atoms with Crippen molar-refractivity contribution < 1.29 is 69.3 Å². The van der Waals surface area contributed by atoms with E-state index in [1.54, 1.807) is 0 Å². The zero-order chi connectivity index (χ0) is 23.7. The maximum absolute atomic E-state index is 11.7. The van der Waals surface area contributed by atoms with Crippen LogP contribution in [0.2, 0.25) is 0 Å². The molecule has 2 aliphatic heterocycles. The Balaban J connectivity index is 2.30. The average molecular weight is 456 g/mol. The van der Waals surface area contributed by atoms with Gasteiger partial charge in [0.25, 0.3) is 0 Å². The first kappa shape index (κ1) is 26.0. The van der Waals surface area contributed by atoms with Gasteiger partial charge in [0.05, 0.1) is 0 Å². The molecule has 0 saturated carbocycles. The number of hydrogen-bond donors (Lipinski definition) is 8. The van der Waals surface area contributed by atoms with E-state index >= 15 is 0 Å². The molecule has 0 aromatic heterocycles. The van der Waals surface area contributed by atoms with Crippen LogP contribution in [0, 0.1) is 0 Å². The number of carbonyl (C=O) groups is 1. The average Bonchev–Trinajstić information content (AvgIpc) is 2.70. The number of esters is 1. The van der Waals surface area contributed by atoms with Gasteiger partial charge < -0.3 is 64.5 Å². The Morgan fingerprint density at radius 3 is 2.13 bits per heavy atom. The normalized spacial score (nSPS) is 44.5. The molecule has 14 heteroatoms. The van der Waals surface area contributed by atoms with Crippen LogP contribution < -0.4 is 0 Å². The zero-order valence-corrected chi connectivity index (χ0v) is 16.7. The highest BCUT2D eigenvalue weighted by molar-refractivity contribution is 5.86. The van der Waals surface area contributed by atoms with Crippen LogP contribution in [-0.2, 0) is 28.5 Å². The standard InChI is InChI=1S/C17H28O14/c1-5(2)13(24)27-6(3)30-17(4-18)12(8(20)10(22)15(26)31-17)28-16-11(23)7(19)9(21)14(25)29-16/h6-12,14-16,18-23,25-26H,1,4H2,2-3H3/t6?,7-,8-,9-,10+,11+,12-,14-,15+,16+,17-/m0/s1. The molecule has 2 heterocycles. The van der Waals surface area contributed by atoms with E-state index in [0.29, 0.717) is 0 Å². The second-order valence-corrected chi connectivity index (χ2v) is 7.25. The summed E-state index contributed by atoms with van der Waals surface area (Å²) in [4.78, 5) is 11.7. The van der Waals surface area contributed by atoms with Crippen LogP contribution in [0.3, 0.4) is 0 Å². The minimum absolute atomic E-state index is 0.0154. The van der Waals surface area contributed by atoms with Gasteiger partial charge in [0.2, 0.25) is 12.1 Å². The lowest BCUT2D eigenvalue weighted by Gasteiger charge is -2.50. The summed E-state index contributed by atoms with van der Waals surface area (Å²) in [6, 6.07) is 0. The summed E-state index contributed by atoms with van der Waals surface area (Å²) in [5.41, 5.74) is 0.0154. The second-order valence-electron chi connectivity index (χ2n) is 7.25. The smallest absolute Gasteiger partial charge is 0.335 e. The van der Waals surface area contributed by atoms with Crippen molar-refractivity contribution in [1.29, 1.82) is 0 Å². The van der Waals surface area contributed by atoms with E-state index in [2.05, 4.69) is 6.58 Å². The third kappa shape index (κ3) is 5.39. The van der Waals surface area contributed by atoms with Crippen molar-refractivity contribution in [2.45, 2.75) is 81.4 Å². The minimum Gasteiger partial charge on any atom is -0.433 e. The molecule has 180 valence electrons. The Morgan fingerprint density at radius 1 is 1.00 bits per heavy atom. The van der Waals surface area contributed by atoms with Gasteiger partial charge >= 0.3 is 5.97 Å². The Hall–Kier alpha value is -1.27. The number of aliphatic hydroxyl groups excluding tert-OH is 8. The van der Waals surface area contributed by atoms with E-state index in [1.807, 2.05) is 0 Å². The maximum atomic E-state index is 11.7. The molecule has 2 saturated heterocycles. The topological polar surface area (TPSA) is 225 Å². The van der Waals surface area contributed by atoms with Gasteiger partial charge in [-0.15, -0.1) is 0 Å². The molecular formula is C17H28O14. The van der Waals surface area contributed by atoms with E-state index in [0.717, 1.165) is 0 Å². The molecule has 31 heavy (non-hydrogen) atoms. The summed E-state index contributed by atoms with van der Waals surface area (Å²) in [7, 11) is 0. The van der Waals surface area contributed by atoms with Crippen LogP contribution in [0.5, 0.6) is 0 Å². The highest BCUT2D eigenvalue weighted by Gasteiger charge is 2.59. The van der Waals surface area contributed by atoms with Crippen LogP contribution in [0.15, 0.2) is 12.2 Å². The molecular weight excluding hydrogens is 428 g/mol. The number of carbonyl (C=O) groups excluding carboxylic acids is 1.